The van der Waals surface area contributed by atoms with Gasteiger partial charge in [-0.15, -0.1) is 9.60 Å². The molecule has 0 radical (unpaired) electrons. The number of hydrogen-bond donors (Lipinski definition) is 1. The second-order valence-electron chi connectivity index (χ2n) is 5.01. The number of benzene rings is 1. The number of nitrogens with one attached hydrogen (secondary N) is 1. The Morgan fingerprint density at radius 2 is 1.82 bits per heavy atom. The maximum Gasteiger partial charge on any atom is 0.0973 e. The summed E-state index contributed by atoms with van der Waals surface area (Å²) in [5, 5.41) is 4.06. The minimum absolute atomic E-state index is 0.0995. The van der Waals surface area contributed by atoms with Crippen molar-refractivity contribution in [2.75, 3.05) is 12.0 Å². The third kappa shape index (κ3) is 3.70. The highest BCUT2D eigenvalue weighted by molar-refractivity contribution is 5.42. The molecule has 1 fully saturated rings. The van der Waals surface area contributed by atoms with Crippen LogP contribution in [-0.4, -0.2) is 17.8 Å². The van der Waals surface area contributed by atoms with Gasteiger partial charge in [-0.1, -0.05) is 25.1 Å². The highest BCUT2D eigenvalue weighted by atomic mass is 19.2. The summed E-state index contributed by atoms with van der Waals surface area (Å²) in [6.07, 6.45) is 4.26. The van der Waals surface area contributed by atoms with Crippen LogP contribution in [0.25, 0.3) is 0 Å². The monoisotopic (exact) mass is 236 g/mol. The van der Waals surface area contributed by atoms with Crippen LogP contribution in [0.4, 0.5) is 10.2 Å². The van der Waals surface area contributed by atoms with Gasteiger partial charge >= 0.3 is 0 Å². The van der Waals surface area contributed by atoms with Crippen molar-refractivity contribution in [1.29, 1.82) is 0 Å². The third-order valence-electron chi connectivity index (χ3n) is 3.59. The highest BCUT2D eigenvalue weighted by Gasteiger charge is 2.23. The smallest absolute Gasteiger partial charge is 0.0973 e. The number of anilines is 1. The van der Waals surface area contributed by atoms with Gasteiger partial charge in [-0.2, -0.15) is 0 Å². The fraction of sp³-hybridized carbons (Fsp3) is 0.571. The van der Waals surface area contributed by atoms with Gasteiger partial charge in [0, 0.05) is 11.7 Å². The van der Waals surface area contributed by atoms with E-state index in [0.29, 0.717) is 0 Å². The van der Waals surface area contributed by atoms with Gasteiger partial charge in [-0.05, 0) is 43.7 Å². The van der Waals surface area contributed by atoms with Crippen LogP contribution < -0.4 is 5.32 Å². The summed E-state index contributed by atoms with van der Waals surface area (Å²) in [5.41, 5.74) is 0.972. The summed E-state index contributed by atoms with van der Waals surface area (Å²) in [5.74, 6) is 0.765. The van der Waals surface area contributed by atoms with Crippen molar-refractivity contribution in [2.45, 2.75) is 38.6 Å². The van der Waals surface area contributed by atoms with Crippen molar-refractivity contribution >= 4 is 5.69 Å². The lowest BCUT2D eigenvalue weighted by Crippen LogP contribution is -2.35. The molecule has 0 atom stereocenters. The molecule has 2 nitrogen and oxygen atoms in total. The Labute approximate surface area is 103 Å². The number of para-hydroxylation sites is 1. The van der Waals surface area contributed by atoms with E-state index in [1.807, 2.05) is 30.3 Å². The Kier molecular flexibility index (Phi) is 4.37. The Bertz CT molecular complexity index is 320. The number of rotatable bonds is 4. The molecule has 2 rings (SSSR count). The zero-order valence-corrected chi connectivity index (χ0v) is 10.4. The molecule has 0 saturated heterocycles. The molecule has 0 heterocycles. The van der Waals surface area contributed by atoms with Crippen LogP contribution in [0.2, 0.25) is 0 Å². The molecule has 94 valence electrons. The number of nitrogens with zero attached hydrogens (tertiary/aromatic N) is 1. The van der Waals surface area contributed by atoms with E-state index in [9.17, 15) is 4.48 Å². The van der Waals surface area contributed by atoms with Gasteiger partial charge < -0.3 is 5.32 Å². The van der Waals surface area contributed by atoms with Crippen LogP contribution in [0, 0.1) is 5.92 Å². The second-order valence-corrected chi connectivity index (χ2v) is 5.01. The SMILES string of the molecule is CC1CCC(N(F)CNc2ccccc2)CC1. The summed E-state index contributed by atoms with van der Waals surface area (Å²) in [7, 11) is 0. The summed E-state index contributed by atoms with van der Waals surface area (Å²) in [4.78, 5) is 0. The average molecular weight is 236 g/mol. The van der Waals surface area contributed by atoms with Gasteiger partial charge in [-0.25, -0.2) is 0 Å². The Morgan fingerprint density at radius 1 is 1.18 bits per heavy atom. The molecular formula is C14H21FN2. The van der Waals surface area contributed by atoms with E-state index in [2.05, 4.69) is 12.2 Å². The quantitative estimate of drug-likeness (QED) is 0.631. The molecule has 0 spiro atoms. The molecule has 0 amide bonds. The molecular weight excluding hydrogens is 215 g/mol. The summed E-state index contributed by atoms with van der Waals surface area (Å²) < 4.78 is 13.9. The molecule has 1 aromatic rings. The minimum atomic E-state index is 0.0995. The first kappa shape index (κ1) is 12.4. The summed E-state index contributed by atoms with van der Waals surface area (Å²) in [6.45, 7) is 2.53. The van der Waals surface area contributed by atoms with E-state index in [0.717, 1.165) is 42.4 Å². The first-order valence-corrected chi connectivity index (χ1v) is 6.47. The topological polar surface area (TPSA) is 15.3 Å². The van der Waals surface area contributed by atoms with Crippen LogP contribution in [0.3, 0.4) is 0 Å². The molecule has 1 N–H and O–H groups in total. The Balaban J connectivity index is 1.75. The zero-order chi connectivity index (χ0) is 12.1. The second kappa shape index (κ2) is 6.01. The molecule has 3 heteroatoms. The first-order chi connectivity index (χ1) is 8.25. The van der Waals surface area contributed by atoms with Gasteiger partial charge in [0.05, 0.1) is 6.67 Å². The fourth-order valence-electron chi connectivity index (χ4n) is 2.37. The lowest BCUT2D eigenvalue weighted by atomic mass is 9.87. The average Bonchev–Trinajstić information content (AvgIpc) is 2.38. The van der Waals surface area contributed by atoms with Gasteiger partial charge in [0.25, 0.3) is 0 Å². The molecule has 1 aromatic carbocycles. The molecule has 17 heavy (non-hydrogen) atoms. The molecule has 1 aliphatic rings. The highest BCUT2D eigenvalue weighted by Crippen LogP contribution is 2.27. The number of halogens is 1. The van der Waals surface area contributed by atoms with Gasteiger partial charge in [0.2, 0.25) is 0 Å². The van der Waals surface area contributed by atoms with Crippen molar-refractivity contribution in [3.63, 3.8) is 0 Å². The van der Waals surface area contributed by atoms with Crippen molar-refractivity contribution in [3.05, 3.63) is 30.3 Å². The molecule has 0 aromatic heterocycles. The standard InChI is InChI=1S/C14H21FN2/c1-12-7-9-14(10-8-12)17(15)11-16-13-5-3-2-4-6-13/h2-6,12,14,16H,7-11H2,1H3. The van der Waals surface area contributed by atoms with Crippen molar-refractivity contribution < 1.29 is 4.48 Å². The van der Waals surface area contributed by atoms with E-state index in [-0.39, 0.29) is 12.7 Å². The van der Waals surface area contributed by atoms with Crippen molar-refractivity contribution in [1.82, 2.24) is 5.12 Å². The van der Waals surface area contributed by atoms with Crippen LogP contribution in [0.15, 0.2) is 30.3 Å². The third-order valence-corrected chi connectivity index (χ3v) is 3.59. The molecule has 0 bridgehead atoms. The predicted molar refractivity (Wildman–Crippen MR) is 69.3 cm³/mol. The molecule has 1 aliphatic carbocycles. The van der Waals surface area contributed by atoms with Gasteiger partial charge in [0.1, 0.15) is 0 Å². The predicted octanol–water partition coefficient (Wildman–Crippen LogP) is 3.82. The van der Waals surface area contributed by atoms with Gasteiger partial charge in [0.15, 0.2) is 0 Å². The molecule has 1 saturated carbocycles. The van der Waals surface area contributed by atoms with Gasteiger partial charge in [-0.3, -0.25) is 0 Å². The minimum Gasteiger partial charge on any atom is -0.370 e. The van der Waals surface area contributed by atoms with E-state index in [1.54, 1.807) is 0 Å². The van der Waals surface area contributed by atoms with Crippen LogP contribution in [0.1, 0.15) is 32.6 Å². The van der Waals surface area contributed by atoms with E-state index >= 15 is 0 Å². The Morgan fingerprint density at radius 3 is 2.47 bits per heavy atom. The van der Waals surface area contributed by atoms with E-state index in [1.165, 1.54) is 0 Å². The van der Waals surface area contributed by atoms with Crippen molar-refractivity contribution in [2.24, 2.45) is 5.92 Å². The molecule has 0 aliphatic heterocycles. The van der Waals surface area contributed by atoms with E-state index in [4.69, 9.17) is 0 Å². The summed E-state index contributed by atoms with van der Waals surface area (Å²) >= 11 is 0. The van der Waals surface area contributed by atoms with Crippen LogP contribution in [0.5, 0.6) is 0 Å². The Hall–Kier alpha value is -1.09. The lowest BCUT2D eigenvalue weighted by molar-refractivity contribution is -0.0326. The van der Waals surface area contributed by atoms with Crippen molar-refractivity contribution in [3.8, 4) is 0 Å². The van der Waals surface area contributed by atoms with Crippen LogP contribution >= 0.6 is 0 Å². The maximum absolute atomic E-state index is 13.9. The largest absolute Gasteiger partial charge is 0.370 e. The molecule has 0 unspecified atom stereocenters. The number of hydrogen-bond acceptors (Lipinski definition) is 2. The van der Waals surface area contributed by atoms with E-state index < -0.39 is 0 Å². The van der Waals surface area contributed by atoms with Crippen LogP contribution in [-0.2, 0) is 0 Å². The summed E-state index contributed by atoms with van der Waals surface area (Å²) in [6, 6.07) is 9.87. The normalized spacial score (nSPS) is 24.9. The first-order valence-electron chi connectivity index (χ1n) is 6.47. The maximum atomic E-state index is 13.9. The lowest BCUT2D eigenvalue weighted by Gasteiger charge is -2.30. The fourth-order valence-corrected chi connectivity index (χ4v) is 2.37. The zero-order valence-electron chi connectivity index (χ0n) is 10.4.